The summed E-state index contributed by atoms with van der Waals surface area (Å²) in [6.07, 6.45) is 7.06. The van der Waals surface area contributed by atoms with Crippen molar-refractivity contribution in [3.63, 3.8) is 0 Å². The maximum Gasteiger partial charge on any atom is 0.140 e. The Morgan fingerprint density at radius 2 is 2.03 bits per heavy atom. The molecule has 3 heterocycles. The van der Waals surface area contributed by atoms with Crippen molar-refractivity contribution in [1.82, 2.24) is 25.2 Å². The van der Waals surface area contributed by atoms with Gasteiger partial charge in [-0.3, -0.25) is 4.98 Å². The molecule has 29 heavy (non-hydrogen) atoms. The molecule has 4 rings (SSSR count). The summed E-state index contributed by atoms with van der Waals surface area (Å²) in [5.41, 5.74) is 4.02. The standard InChI is InChI=1S/C23H30FN5/c1-16-20(24)7-8-21-22(16)28-23(27-21)18-5-6-19(26-14-18)15-25-11-3-4-17-9-12-29(2)13-10-17/h5-8,14,17,25H,3-4,9-13,15H2,1-2H3,(H,27,28). The Labute approximate surface area is 171 Å². The Balaban J connectivity index is 1.27. The van der Waals surface area contributed by atoms with Crippen LogP contribution in [0.25, 0.3) is 22.4 Å². The molecule has 1 fully saturated rings. The number of piperidine rings is 1. The third-order valence-electron chi connectivity index (χ3n) is 6.05. The van der Waals surface area contributed by atoms with Crippen LogP contribution in [0.4, 0.5) is 4.39 Å². The van der Waals surface area contributed by atoms with E-state index in [4.69, 9.17) is 0 Å². The van der Waals surface area contributed by atoms with Crippen LogP contribution in [-0.4, -0.2) is 46.5 Å². The monoisotopic (exact) mass is 395 g/mol. The van der Waals surface area contributed by atoms with Gasteiger partial charge in [-0.1, -0.05) is 0 Å². The highest BCUT2D eigenvalue weighted by molar-refractivity contribution is 5.82. The lowest BCUT2D eigenvalue weighted by molar-refractivity contribution is 0.210. The topological polar surface area (TPSA) is 56.8 Å². The Morgan fingerprint density at radius 3 is 2.79 bits per heavy atom. The molecule has 1 saturated heterocycles. The van der Waals surface area contributed by atoms with E-state index in [1.807, 2.05) is 18.3 Å². The number of likely N-dealkylation sites (tertiary alicyclic amines) is 1. The smallest absolute Gasteiger partial charge is 0.140 e. The zero-order valence-electron chi connectivity index (χ0n) is 17.3. The fraction of sp³-hybridized carbons (Fsp3) is 0.478. The van der Waals surface area contributed by atoms with E-state index in [1.54, 1.807) is 13.0 Å². The minimum atomic E-state index is -0.231. The van der Waals surface area contributed by atoms with Crippen molar-refractivity contribution in [1.29, 1.82) is 0 Å². The van der Waals surface area contributed by atoms with Crippen LogP contribution in [0.3, 0.4) is 0 Å². The number of hydrogen-bond donors (Lipinski definition) is 2. The molecule has 0 atom stereocenters. The van der Waals surface area contributed by atoms with Crippen molar-refractivity contribution < 1.29 is 4.39 Å². The maximum absolute atomic E-state index is 13.7. The van der Waals surface area contributed by atoms with Gasteiger partial charge in [0.25, 0.3) is 0 Å². The number of rotatable bonds is 7. The first-order valence-corrected chi connectivity index (χ1v) is 10.6. The van der Waals surface area contributed by atoms with Gasteiger partial charge in [0.1, 0.15) is 11.6 Å². The number of nitrogens with one attached hydrogen (secondary N) is 2. The molecule has 0 spiro atoms. The Kier molecular flexibility index (Phi) is 6.21. The van der Waals surface area contributed by atoms with Crippen molar-refractivity contribution in [2.45, 2.75) is 39.2 Å². The number of hydrogen-bond acceptors (Lipinski definition) is 4. The lowest BCUT2D eigenvalue weighted by Gasteiger charge is -2.28. The largest absolute Gasteiger partial charge is 0.338 e. The first kappa shape index (κ1) is 20.0. The van der Waals surface area contributed by atoms with E-state index < -0.39 is 0 Å². The average Bonchev–Trinajstić information content (AvgIpc) is 3.17. The maximum atomic E-state index is 13.7. The number of imidazole rings is 1. The summed E-state index contributed by atoms with van der Waals surface area (Å²) in [5.74, 6) is 1.39. The van der Waals surface area contributed by atoms with E-state index in [2.05, 4.69) is 32.2 Å². The SMILES string of the molecule is Cc1c(F)ccc2[nH]c(-c3ccc(CNCCCC4CCN(C)CC4)nc3)nc12. The number of halogens is 1. The van der Waals surface area contributed by atoms with Gasteiger partial charge in [-0.15, -0.1) is 0 Å². The van der Waals surface area contributed by atoms with Crippen LogP contribution in [0.15, 0.2) is 30.5 Å². The van der Waals surface area contributed by atoms with E-state index in [9.17, 15) is 4.39 Å². The minimum Gasteiger partial charge on any atom is -0.338 e. The van der Waals surface area contributed by atoms with Gasteiger partial charge in [-0.2, -0.15) is 0 Å². The molecular weight excluding hydrogens is 365 g/mol. The number of aromatic nitrogens is 3. The summed E-state index contributed by atoms with van der Waals surface area (Å²) < 4.78 is 13.7. The van der Waals surface area contributed by atoms with E-state index >= 15 is 0 Å². The molecule has 154 valence electrons. The summed E-state index contributed by atoms with van der Waals surface area (Å²) >= 11 is 0. The Morgan fingerprint density at radius 1 is 1.21 bits per heavy atom. The molecule has 0 amide bonds. The van der Waals surface area contributed by atoms with E-state index in [0.29, 0.717) is 11.1 Å². The van der Waals surface area contributed by atoms with Crippen molar-refractivity contribution in [3.05, 3.63) is 47.5 Å². The number of H-pyrrole nitrogens is 1. The van der Waals surface area contributed by atoms with Gasteiger partial charge in [0.15, 0.2) is 0 Å². The third-order valence-corrected chi connectivity index (χ3v) is 6.05. The Hall–Kier alpha value is -2.31. The van der Waals surface area contributed by atoms with E-state index in [-0.39, 0.29) is 5.82 Å². The third kappa shape index (κ3) is 4.82. The number of pyridine rings is 1. The predicted molar refractivity (Wildman–Crippen MR) is 115 cm³/mol. The second kappa shape index (κ2) is 9.01. The van der Waals surface area contributed by atoms with Gasteiger partial charge >= 0.3 is 0 Å². The minimum absolute atomic E-state index is 0.231. The lowest BCUT2D eigenvalue weighted by Crippen LogP contribution is -2.30. The van der Waals surface area contributed by atoms with Gasteiger partial charge in [0.2, 0.25) is 0 Å². The highest BCUT2D eigenvalue weighted by atomic mass is 19.1. The second-order valence-electron chi connectivity index (χ2n) is 8.26. The van der Waals surface area contributed by atoms with Crippen LogP contribution >= 0.6 is 0 Å². The number of nitrogens with zero attached hydrogens (tertiary/aromatic N) is 3. The fourth-order valence-corrected chi connectivity index (χ4v) is 4.08. The number of aryl methyl sites for hydroxylation is 1. The van der Waals surface area contributed by atoms with Gasteiger partial charge in [0, 0.05) is 23.9 Å². The van der Waals surface area contributed by atoms with Crippen molar-refractivity contribution in [3.8, 4) is 11.4 Å². The van der Waals surface area contributed by atoms with E-state index in [0.717, 1.165) is 41.6 Å². The van der Waals surface area contributed by atoms with Gasteiger partial charge in [-0.05, 0) is 89.5 Å². The molecule has 1 aliphatic heterocycles. The summed E-state index contributed by atoms with van der Waals surface area (Å²) in [6.45, 7) is 6.05. The molecule has 0 aliphatic carbocycles. The van der Waals surface area contributed by atoms with Gasteiger partial charge < -0.3 is 15.2 Å². The normalized spacial score (nSPS) is 16.0. The molecule has 2 N–H and O–H groups in total. The molecule has 0 unspecified atom stereocenters. The van der Waals surface area contributed by atoms with Crippen molar-refractivity contribution in [2.24, 2.45) is 5.92 Å². The summed E-state index contributed by atoms with van der Waals surface area (Å²) in [7, 11) is 2.21. The lowest BCUT2D eigenvalue weighted by atomic mass is 9.92. The first-order valence-electron chi connectivity index (χ1n) is 10.6. The van der Waals surface area contributed by atoms with Crippen molar-refractivity contribution >= 4 is 11.0 Å². The van der Waals surface area contributed by atoms with Crippen LogP contribution in [-0.2, 0) is 6.54 Å². The average molecular weight is 396 g/mol. The quantitative estimate of drug-likeness (QED) is 0.586. The van der Waals surface area contributed by atoms with Crippen LogP contribution in [0, 0.1) is 18.7 Å². The zero-order valence-corrected chi connectivity index (χ0v) is 17.3. The molecular formula is C23H30FN5. The van der Waals surface area contributed by atoms with Crippen molar-refractivity contribution in [2.75, 3.05) is 26.7 Å². The fourth-order valence-electron chi connectivity index (χ4n) is 4.08. The summed E-state index contributed by atoms with van der Waals surface area (Å²) in [5, 5.41) is 3.51. The Bertz CT molecular complexity index is 942. The number of aromatic amines is 1. The van der Waals surface area contributed by atoms with Crippen LogP contribution < -0.4 is 5.32 Å². The summed E-state index contributed by atoms with van der Waals surface area (Å²) in [6, 6.07) is 7.25. The number of benzene rings is 1. The highest BCUT2D eigenvalue weighted by Crippen LogP contribution is 2.24. The molecule has 0 saturated carbocycles. The predicted octanol–water partition coefficient (Wildman–Crippen LogP) is 4.28. The molecule has 0 radical (unpaired) electrons. The van der Waals surface area contributed by atoms with Crippen LogP contribution in [0.1, 0.15) is 36.9 Å². The highest BCUT2D eigenvalue weighted by Gasteiger charge is 2.15. The molecule has 3 aromatic rings. The molecule has 6 heteroatoms. The molecule has 2 aromatic heterocycles. The second-order valence-corrected chi connectivity index (χ2v) is 8.26. The number of fused-ring (bicyclic) bond motifs is 1. The molecule has 0 bridgehead atoms. The summed E-state index contributed by atoms with van der Waals surface area (Å²) in [4.78, 5) is 14.8. The van der Waals surface area contributed by atoms with Gasteiger partial charge in [0.05, 0.1) is 16.7 Å². The zero-order chi connectivity index (χ0) is 20.2. The first-order chi connectivity index (χ1) is 14.1. The van der Waals surface area contributed by atoms with Gasteiger partial charge in [-0.25, -0.2) is 9.37 Å². The molecule has 1 aliphatic rings. The molecule has 5 nitrogen and oxygen atoms in total. The van der Waals surface area contributed by atoms with Crippen LogP contribution in [0.2, 0.25) is 0 Å². The van der Waals surface area contributed by atoms with Crippen LogP contribution in [0.5, 0.6) is 0 Å². The molecule has 1 aromatic carbocycles. The van der Waals surface area contributed by atoms with E-state index in [1.165, 1.54) is 44.8 Å².